The smallest absolute Gasteiger partial charge is 1.00 e. The van der Waals surface area contributed by atoms with Gasteiger partial charge in [0.05, 0.1) is 0 Å². The van der Waals surface area contributed by atoms with Crippen LogP contribution in [0.25, 0.3) is 0 Å². The maximum absolute atomic E-state index is 7.75. The molecule has 4 aromatic rings. The normalized spacial score (nSPS) is 9.94. The molecular weight excluding hydrogens is 577 g/mol. The molecule has 0 fully saturated rings. The predicted octanol–water partition coefficient (Wildman–Crippen LogP) is 1.85. The van der Waals surface area contributed by atoms with Gasteiger partial charge in [0, 0.05) is 0 Å². The van der Waals surface area contributed by atoms with Crippen molar-refractivity contribution in [2.45, 2.75) is 0 Å². The molecule has 0 saturated carbocycles. The van der Waals surface area contributed by atoms with Crippen molar-refractivity contribution in [3.8, 4) is 6.65 Å². The van der Waals surface area contributed by atoms with E-state index in [0.717, 1.165) is 25.4 Å². The molecule has 0 amide bonds. The van der Waals surface area contributed by atoms with E-state index in [1.165, 1.54) is 21.2 Å². The Hall–Kier alpha value is -1.65. The first-order valence-electron chi connectivity index (χ1n) is 11.1. The SMILES string of the molecule is C#[O+].[Cl-].[Ru+2].c1ccc(P(CCNCCP(c2ccccc2)c2ccccc2)c2ccccc2)cc1. The minimum atomic E-state index is -0.328. The van der Waals surface area contributed by atoms with E-state index < -0.39 is 0 Å². The zero-order chi connectivity index (χ0) is 23.1. The first-order chi connectivity index (χ1) is 16.4. The molecule has 0 aliphatic rings. The van der Waals surface area contributed by atoms with Crippen molar-refractivity contribution >= 4 is 37.1 Å². The Morgan fingerprint density at radius 2 is 0.714 bits per heavy atom. The summed E-state index contributed by atoms with van der Waals surface area (Å²) < 4.78 is 7.75. The standard InChI is InChI=1S/C28H29NP2.CHO.ClH.Ru/c1-5-13-25(14-6-1)30(26-15-7-2-8-16-26)23-21-29-22-24-31(27-17-9-3-10-18-27)28-19-11-4-12-20-28;1-2;;/h1-20,29H,21-24H2;1H;1H;/q;+1;;+2/p-1. The Bertz CT molecular complexity index is 906. The number of rotatable bonds is 10. The van der Waals surface area contributed by atoms with E-state index in [4.69, 9.17) is 4.65 Å². The van der Waals surface area contributed by atoms with Crippen LogP contribution in [0.1, 0.15) is 0 Å². The topological polar surface area (TPSA) is 31.9 Å². The van der Waals surface area contributed by atoms with Crippen molar-refractivity contribution in [3.63, 3.8) is 0 Å². The number of halogens is 1. The summed E-state index contributed by atoms with van der Waals surface area (Å²) in [7, 11) is -0.655. The minimum Gasteiger partial charge on any atom is -1.00 e. The van der Waals surface area contributed by atoms with Crippen LogP contribution in [-0.4, -0.2) is 25.4 Å². The van der Waals surface area contributed by atoms with E-state index in [0.29, 0.717) is 0 Å². The van der Waals surface area contributed by atoms with Gasteiger partial charge in [0.25, 0.3) is 0 Å². The second-order valence-corrected chi connectivity index (χ2v) is 12.1. The third-order valence-corrected chi connectivity index (χ3v) is 10.3. The van der Waals surface area contributed by atoms with Gasteiger partial charge in [0.15, 0.2) is 0 Å². The molecule has 0 aliphatic heterocycles. The monoisotopic (exact) mass is 607 g/mol. The van der Waals surface area contributed by atoms with Crippen LogP contribution in [0.3, 0.4) is 0 Å². The molecular formula is C29H30ClNOP2Ru+2. The number of nitrogens with one attached hydrogen (secondary N) is 1. The van der Waals surface area contributed by atoms with Crippen LogP contribution in [0.5, 0.6) is 0 Å². The fourth-order valence-electron chi connectivity index (χ4n) is 3.75. The van der Waals surface area contributed by atoms with Crippen molar-refractivity contribution in [1.82, 2.24) is 5.32 Å². The van der Waals surface area contributed by atoms with Crippen LogP contribution in [-0.2, 0) is 24.1 Å². The van der Waals surface area contributed by atoms with Gasteiger partial charge in [-0.25, -0.2) is 0 Å². The number of benzene rings is 4. The summed E-state index contributed by atoms with van der Waals surface area (Å²) >= 11 is 0. The Morgan fingerprint density at radius 3 is 0.943 bits per heavy atom. The van der Waals surface area contributed by atoms with E-state index >= 15 is 0 Å². The zero-order valence-corrected chi connectivity index (χ0v) is 23.8. The van der Waals surface area contributed by atoms with Crippen molar-refractivity contribution in [1.29, 1.82) is 0 Å². The van der Waals surface area contributed by atoms with Crippen LogP contribution in [0, 0.1) is 6.65 Å². The molecule has 35 heavy (non-hydrogen) atoms. The molecule has 0 radical (unpaired) electrons. The molecule has 0 aromatic heterocycles. The third-order valence-electron chi connectivity index (χ3n) is 5.30. The Morgan fingerprint density at radius 1 is 0.486 bits per heavy atom. The van der Waals surface area contributed by atoms with Crippen LogP contribution >= 0.6 is 15.8 Å². The molecule has 0 aliphatic carbocycles. The Labute approximate surface area is 231 Å². The number of hydrogen-bond acceptors (Lipinski definition) is 1. The van der Waals surface area contributed by atoms with Gasteiger partial charge >= 0.3 is 30.8 Å². The molecule has 6 heteroatoms. The summed E-state index contributed by atoms with van der Waals surface area (Å²) in [5.74, 6) is 0. The van der Waals surface area contributed by atoms with Crippen LogP contribution in [0.15, 0.2) is 121 Å². The Kier molecular flexibility index (Phi) is 16.7. The largest absolute Gasteiger partial charge is 2.00 e. The molecule has 4 aromatic carbocycles. The molecule has 0 atom stereocenters. The van der Waals surface area contributed by atoms with Crippen molar-refractivity contribution in [3.05, 3.63) is 121 Å². The van der Waals surface area contributed by atoms with Crippen molar-refractivity contribution < 1.29 is 36.5 Å². The quantitative estimate of drug-likeness (QED) is 0.127. The van der Waals surface area contributed by atoms with Gasteiger partial charge in [0.2, 0.25) is 0 Å². The first-order valence-corrected chi connectivity index (χ1v) is 14.2. The minimum absolute atomic E-state index is 0. The maximum Gasteiger partial charge on any atom is 2.00 e. The fraction of sp³-hybridized carbons (Fsp3) is 0.138. The van der Waals surface area contributed by atoms with E-state index in [9.17, 15) is 0 Å². The van der Waals surface area contributed by atoms with Crippen molar-refractivity contribution in [2.24, 2.45) is 0 Å². The average Bonchev–Trinajstić information content (AvgIpc) is 2.91. The average molecular weight is 607 g/mol. The summed E-state index contributed by atoms with van der Waals surface area (Å²) in [5.41, 5.74) is 0. The second-order valence-electron chi connectivity index (χ2n) is 7.40. The van der Waals surface area contributed by atoms with E-state index in [-0.39, 0.29) is 47.7 Å². The summed E-state index contributed by atoms with van der Waals surface area (Å²) in [4.78, 5) is 0. The van der Waals surface area contributed by atoms with Gasteiger partial charge in [-0.3, -0.25) is 0 Å². The molecule has 2 nitrogen and oxygen atoms in total. The number of hydrogen-bond donors (Lipinski definition) is 1. The van der Waals surface area contributed by atoms with E-state index in [1.54, 1.807) is 0 Å². The molecule has 0 bridgehead atoms. The predicted molar refractivity (Wildman–Crippen MR) is 146 cm³/mol. The summed E-state index contributed by atoms with van der Waals surface area (Å²) in [5, 5.41) is 9.60. The van der Waals surface area contributed by atoms with Crippen LogP contribution in [0.4, 0.5) is 0 Å². The first kappa shape index (κ1) is 31.4. The van der Waals surface area contributed by atoms with Gasteiger partial charge in [-0.1, -0.05) is 121 Å². The molecule has 0 saturated heterocycles. The molecule has 0 unspecified atom stereocenters. The third kappa shape index (κ3) is 10.1. The summed E-state index contributed by atoms with van der Waals surface area (Å²) in [6, 6.07) is 44.0. The van der Waals surface area contributed by atoms with E-state index in [2.05, 4.69) is 133 Å². The van der Waals surface area contributed by atoms with Crippen molar-refractivity contribution in [2.75, 3.05) is 25.4 Å². The molecule has 4 rings (SSSR count). The van der Waals surface area contributed by atoms with E-state index in [1.807, 2.05) is 0 Å². The maximum atomic E-state index is 7.75. The molecule has 180 valence electrons. The van der Waals surface area contributed by atoms with Gasteiger partial charge < -0.3 is 17.7 Å². The van der Waals surface area contributed by atoms with Gasteiger partial charge in [-0.05, 0) is 62.5 Å². The van der Waals surface area contributed by atoms with Gasteiger partial charge in [0.1, 0.15) is 0 Å². The van der Waals surface area contributed by atoms with Crippen LogP contribution < -0.4 is 38.9 Å². The summed E-state index contributed by atoms with van der Waals surface area (Å²) in [6.07, 6.45) is 2.33. The fourth-order valence-corrected chi connectivity index (χ4v) is 8.27. The molecule has 0 heterocycles. The summed E-state index contributed by atoms with van der Waals surface area (Å²) in [6.45, 7) is 5.34. The van der Waals surface area contributed by atoms with Gasteiger partial charge in [-0.15, -0.1) is 0 Å². The second kappa shape index (κ2) is 18.6. The van der Waals surface area contributed by atoms with Gasteiger partial charge in [-0.2, -0.15) is 0 Å². The van der Waals surface area contributed by atoms with Crippen LogP contribution in [0.2, 0.25) is 0 Å². The zero-order valence-electron chi connectivity index (χ0n) is 19.5. The Balaban J connectivity index is 0.00000149. The molecule has 1 N–H and O–H groups in total. The molecule has 0 spiro atoms.